The van der Waals surface area contributed by atoms with E-state index in [4.69, 9.17) is 14.6 Å². The van der Waals surface area contributed by atoms with Crippen molar-refractivity contribution in [3.05, 3.63) is 0 Å². The SMILES string of the molecule is COC1CC(NC(=O)NC2COCC2C(=O)O)C1(C)C. The monoisotopic (exact) mass is 286 g/mol. The van der Waals surface area contributed by atoms with E-state index in [2.05, 4.69) is 10.6 Å². The Bertz CT molecular complexity index is 398. The van der Waals surface area contributed by atoms with E-state index in [1.54, 1.807) is 7.11 Å². The van der Waals surface area contributed by atoms with Gasteiger partial charge in [-0.1, -0.05) is 13.8 Å². The van der Waals surface area contributed by atoms with Crippen molar-refractivity contribution in [3.8, 4) is 0 Å². The normalized spacial score (nSPS) is 35.1. The van der Waals surface area contributed by atoms with Crippen LogP contribution < -0.4 is 10.6 Å². The highest BCUT2D eigenvalue weighted by Gasteiger charge is 2.49. The summed E-state index contributed by atoms with van der Waals surface area (Å²) in [5.74, 6) is -1.63. The molecule has 2 fully saturated rings. The molecule has 7 heteroatoms. The molecule has 2 rings (SSSR count). The third kappa shape index (κ3) is 2.73. The zero-order chi connectivity index (χ0) is 14.9. The molecule has 0 bridgehead atoms. The summed E-state index contributed by atoms with van der Waals surface area (Å²) in [6, 6.07) is -0.800. The van der Waals surface area contributed by atoms with Crippen LogP contribution >= 0.6 is 0 Å². The molecule has 0 spiro atoms. The first kappa shape index (κ1) is 15.1. The fourth-order valence-electron chi connectivity index (χ4n) is 2.84. The highest BCUT2D eigenvalue weighted by Crippen LogP contribution is 2.42. The molecule has 2 aliphatic rings. The zero-order valence-corrected chi connectivity index (χ0v) is 12.0. The van der Waals surface area contributed by atoms with Crippen molar-refractivity contribution < 1.29 is 24.2 Å². The van der Waals surface area contributed by atoms with Gasteiger partial charge in [0.2, 0.25) is 0 Å². The van der Waals surface area contributed by atoms with Crippen molar-refractivity contribution in [3.63, 3.8) is 0 Å². The third-order valence-electron chi connectivity index (χ3n) is 4.48. The van der Waals surface area contributed by atoms with Gasteiger partial charge in [0.05, 0.1) is 25.4 Å². The molecule has 7 nitrogen and oxygen atoms in total. The first-order valence-electron chi connectivity index (χ1n) is 6.76. The van der Waals surface area contributed by atoms with Crippen molar-refractivity contribution in [2.24, 2.45) is 11.3 Å². The summed E-state index contributed by atoms with van der Waals surface area (Å²) in [5.41, 5.74) is -0.121. The number of nitrogens with one attached hydrogen (secondary N) is 2. The number of ether oxygens (including phenoxy) is 2. The highest BCUT2D eigenvalue weighted by atomic mass is 16.5. The van der Waals surface area contributed by atoms with Crippen molar-refractivity contribution in [1.29, 1.82) is 0 Å². The Balaban J connectivity index is 1.83. The van der Waals surface area contributed by atoms with Gasteiger partial charge in [-0.05, 0) is 6.42 Å². The summed E-state index contributed by atoms with van der Waals surface area (Å²) in [7, 11) is 1.66. The molecule has 0 radical (unpaired) electrons. The Labute approximate surface area is 118 Å². The van der Waals surface area contributed by atoms with E-state index in [1.165, 1.54) is 0 Å². The van der Waals surface area contributed by atoms with E-state index in [9.17, 15) is 9.59 Å². The predicted molar refractivity (Wildman–Crippen MR) is 70.4 cm³/mol. The number of urea groups is 1. The van der Waals surface area contributed by atoms with Gasteiger partial charge in [-0.25, -0.2) is 4.79 Å². The maximum Gasteiger partial charge on any atom is 0.315 e. The van der Waals surface area contributed by atoms with E-state index in [0.717, 1.165) is 6.42 Å². The van der Waals surface area contributed by atoms with Crippen LogP contribution in [-0.4, -0.2) is 55.6 Å². The molecule has 1 aliphatic heterocycles. The van der Waals surface area contributed by atoms with Crippen LogP contribution in [0, 0.1) is 11.3 Å². The van der Waals surface area contributed by atoms with Crippen LogP contribution in [0.2, 0.25) is 0 Å². The van der Waals surface area contributed by atoms with Gasteiger partial charge in [-0.15, -0.1) is 0 Å². The molecule has 1 saturated heterocycles. The fourth-order valence-corrected chi connectivity index (χ4v) is 2.84. The van der Waals surface area contributed by atoms with E-state index >= 15 is 0 Å². The number of carboxylic acid groups (broad SMARTS) is 1. The predicted octanol–water partition coefficient (Wildman–Crippen LogP) is 0.199. The number of carboxylic acids is 1. The molecule has 1 saturated carbocycles. The van der Waals surface area contributed by atoms with Gasteiger partial charge >= 0.3 is 12.0 Å². The summed E-state index contributed by atoms with van der Waals surface area (Å²) in [6.07, 6.45) is 0.898. The summed E-state index contributed by atoms with van der Waals surface area (Å²) >= 11 is 0. The lowest BCUT2D eigenvalue weighted by Gasteiger charge is -2.51. The highest BCUT2D eigenvalue weighted by molar-refractivity contribution is 5.77. The summed E-state index contributed by atoms with van der Waals surface area (Å²) in [5, 5.41) is 14.6. The minimum absolute atomic E-state index is 0.0260. The van der Waals surface area contributed by atoms with Gasteiger partial charge in [0.1, 0.15) is 5.92 Å². The third-order valence-corrected chi connectivity index (χ3v) is 4.48. The topological polar surface area (TPSA) is 96.9 Å². The molecular formula is C13H22N2O5. The summed E-state index contributed by atoms with van der Waals surface area (Å²) in [6.45, 7) is 4.45. The van der Waals surface area contributed by atoms with Crippen LogP contribution in [0.3, 0.4) is 0 Å². The average Bonchev–Trinajstić information content (AvgIpc) is 2.82. The van der Waals surface area contributed by atoms with E-state index in [0.29, 0.717) is 0 Å². The molecule has 4 atom stereocenters. The van der Waals surface area contributed by atoms with Crippen molar-refractivity contribution in [2.45, 2.75) is 38.5 Å². The number of carbonyl (C=O) groups is 2. The molecule has 3 N–H and O–H groups in total. The number of methoxy groups -OCH3 is 1. The minimum atomic E-state index is -0.948. The van der Waals surface area contributed by atoms with E-state index in [-0.39, 0.29) is 36.8 Å². The zero-order valence-electron chi connectivity index (χ0n) is 12.0. The molecule has 2 amide bonds. The largest absolute Gasteiger partial charge is 0.481 e. The molecule has 0 aromatic rings. The minimum Gasteiger partial charge on any atom is -0.481 e. The van der Waals surface area contributed by atoms with Crippen LogP contribution in [0.25, 0.3) is 0 Å². The van der Waals surface area contributed by atoms with Crippen molar-refractivity contribution >= 4 is 12.0 Å². The standard InChI is InChI=1S/C13H22N2O5/c1-13(2)9(4-10(13)19-3)15-12(18)14-8-6-20-5-7(8)11(16)17/h7-10H,4-6H2,1-3H3,(H,16,17)(H2,14,15,18). The van der Waals surface area contributed by atoms with Crippen molar-refractivity contribution in [1.82, 2.24) is 10.6 Å². The van der Waals surface area contributed by atoms with Crippen LogP contribution in [0.15, 0.2) is 0 Å². The first-order chi connectivity index (χ1) is 9.36. The fraction of sp³-hybridized carbons (Fsp3) is 0.846. The van der Waals surface area contributed by atoms with Crippen LogP contribution in [0.4, 0.5) is 4.79 Å². The second kappa shape index (κ2) is 5.57. The first-order valence-corrected chi connectivity index (χ1v) is 6.76. The lowest BCUT2D eigenvalue weighted by molar-refractivity contribution is -0.142. The van der Waals surface area contributed by atoms with E-state index < -0.39 is 17.9 Å². The van der Waals surface area contributed by atoms with Gasteiger partial charge in [0.15, 0.2) is 0 Å². The Morgan fingerprint density at radius 1 is 1.30 bits per heavy atom. The van der Waals surface area contributed by atoms with Gasteiger partial charge in [-0.2, -0.15) is 0 Å². The molecule has 0 aromatic heterocycles. The molecule has 1 aliphatic carbocycles. The maximum atomic E-state index is 11.9. The van der Waals surface area contributed by atoms with Gasteiger partial charge in [-0.3, -0.25) is 4.79 Å². The van der Waals surface area contributed by atoms with Gasteiger partial charge in [0, 0.05) is 18.6 Å². The Hall–Kier alpha value is -1.34. The maximum absolute atomic E-state index is 11.9. The summed E-state index contributed by atoms with van der Waals surface area (Å²) < 4.78 is 10.4. The number of amides is 2. The Morgan fingerprint density at radius 3 is 2.55 bits per heavy atom. The van der Waals surface area contributed by atoms with Crippen LogP contribution in [-0.2, 0) is 14.3 Å². The van der Waals surface area contributed by atoms with Crippen LogP contribution in [0.5, 0.6) is 0 Å². The molecule has 114 valence electrons. The molecule has 4 unspecified atom stereocenters. The molecular weight excluding hydrogens is 264 g/mol. The van der Waals surface area contributed by atoms with Gasteiger partial charge in [0.25, 0.3) is 0 Å². The average molecular weight is 286 g/mol. The number of rotatable bonds is 4. The molecule has 0 aromatic carbocycles. The summed E-state index contributed by atoms with van der Waals surface area (Å²) in [4.78, 5) is 22.9. The van der Waals surface area contributed by atoms with E-state index in [1.807, 2.05) is 13.8 Å². The quantitative estimate of drug-likeness (QED) is 0.686. The number of aliphatic carboxylic acids is 1. The van der Waals surface area contributed by atoms with Crippen LogP contribution in [0.1, 0.15) is 20.3 Å². The van der Waals surface area contributed by atoms with Gasteiger partial charge < -0.3 is 25.2 Å². The van der Waals surface area contributed by atoms with Crippen molar-refractivity contribution in [2.75, 3.05) is 20.3 Å². The second-order valence-corrected chi connectivity index (χ2v) is 6.04. The lowest BCUT2D eigenvalue weighted by Crippen LogP contribution is -2.63. The lowest BCUT2D eigenvalue weighted by atomic mass is 9.64. The molecule has 1 heterocycles. The smallest absolute Gasteiger partial charge is 0.315 e. The Kier molecular flexibility index (Phi) is 4.19. The number of carbonyl (C=O) groups excluding carboxylic acids is 1. The Morgan fingerprint density at radius 2 is 2.00 bits per heavy atom. The molecule has 20 heavy (non-hydrogen) atoms. The number of hydrogen-bond acceptors (Lipinski definition) is 4. The second-order valence-electron chi connectivity index (χ2n) is 6.04. The number of hydrogen-bond donors (Lipinski definition) is 3.